The molecule has 1 heterocycles. The highest BCUT2D eigenvalue weighted by molar-refractivity contribution is 5.59. The van der Waals surface area contributed by atoms with Crippen LogP contribution in [0.25, 0.3) is 0 Å². The maximum Gasteiger partial charge on any atom is 0.0402 e. The maximum absolute atomic E-state index is 3.41. The van der Waals surface area contributed by atoms with E-state index in [1.807, 2.05) is 0 Å². The summed E-state index contributed by atoms with van der Waals surface area (Å²) < 4.78 is 0. The molecular formula is C18H28N2. The average Bonchev–Trinajstić information content (AvgIpc) is 3.08. The third-order valence-corrected chi connectivity index (χ3v) is 5.25. The van der Waals surface area contributed by atoms with Crippen molar-refractivity contribution >= 4 is 5.69 Å². The van der Waals surface area contributed by atoms with Gasteiger partial charge in [-0.05, 0) is 57.2 Å². The Hall–Kier alpha value is -1.02. The first kappa shape index (κ1) is 13.9. The van der Waals surface area contributed by atoms with Crippen LogP contribution in [0.15, 0.2) is 24.3 Å². The quantitative estimate of drug-likeness (QED) is 0.881. The fourth-order valence-electron chi connectivity index (χ4n) is 3.98. The van der Waals surface area contributed by atoms with Gasteiger partial charge in [0.2, 0.25) is 0 Å². The molecule has 0 aromatic heterocycles. The van der Waals surface area contributed by atoms with Crippen molar-refractivity contribution in [3.63, 3.8) is 0 Å². The Morgan fingerprint density at radius 1 is 1.25 bits per heavy atom. The topological polar surface area (TPSA) is 15.3 Å². The second kappa shape index (κ2) is 6.17. The third-order valence-electron chi connectivity index (χ3n) is 5.25. The molecule has 0 bridgehead atoms. The van der Waals surface area contributed by atoms with Gasteiger partial charge in [-0.2, -0.15) is 0 Å². The van der Waals surface area contributed by atoms with Gasteiger partial charge in [0, 0.05) is 24.3 Å². The van der Waals surface area contributed by atoms with Crippen LogP contribution in [-0.4, -0.2) is 25.7 Å². The zero-order valence-corrected chi connectivity index (χ0v) is 12.9. The Bertz CT molecular complexity index is 437. The van der Waals surface area contributed by atoms with Gasteiger partial charge in [-0.1, -0.05) is 31.0 Å². The van der Waals surface area contributed by atoms with E-state index in [1.165, 1.54) is 50.8 Å². The summed E-state index contributed by atoms with van der Waals surface area (Å²) >= 11 is 0. The van der Waals surface area contributed by atoms with E-state index in [9.17, 15) is 0 Å². The van der Waals surface area contributed by atoms with Crippen LogP contribution in [0, 0.1) is 5.92 Å². The molecule has 2 atom stereocenters. The van der Waals surface area contributed by atoms with E-state index >= 15 is 0 Å². The van der Waals surface area contributed by atoms with Crippen molar-refractivity contribution in [3.05, 3.63) is 29.8 Å². The summed E-state index contributed by atoms with van der Waals surface area (Å²) in [6.07, 6.45) is 8.24. The monoisotopic (exact) mass is 272 g/mol. The van der Waals surface area contributed by atoms with E-state index in [-0.39, 0.29) is 0 Å². The molecule has 3 rings (SSSR count). The first-order valence-corrected chi connectivity index (χ1v) is 8.29. The van der Waals surface area contributed by atoms with Crippen molar-refractivity contribution in [2.45, 2.75) is 57.5 Å². The highest BCUT2D eigenvalue weighted by Crippen LogP contribution is 2.36. The van der Waals surface area contributed by atoms with Crippen LogP contribution in [0.2, 0.25) is 0 Å². The molecule has 110 valence electrons. The van der Waals surface area contributed by atoms with E-state index in [4.69, 9.17) is 0 Å². The summed E-state index contributed by atoms with van der Waals surface area (Å²) in [4.78, 5) is 2.72. The highest BCUT2D eigenvalue weighted by atomic mass is 15.2. The van der Waals surface area contributed by atoms with Crippen LogP contribution in [0.3, 0.4) is 0 Å². The Morgan fingerprint density at radius 3 is 2.75 bits per heavy atom. The van der Waals surface area contributed by atoms with Gasteiger partial charge in [0.15, 0.2) is 0 Å². The number of anilines is 1. The van der Waals surface area contributed by atoms with Gasteiger partial charge >= 0.3 is 0 Å². The van der Waals surface area contributed by atoms with Crippen molar-refractivity contribution < 1.29 is 0 Å². The summed E-state index contributed by atoms with van der Waals surface area (Å²) in [6.45, 7) is 3.58. The lowest BCUT2D eigenvalue weighted by Gasteiger charge is -2.31. The minimum Gasteiger partial charge on any atom is -0.368 e. The Kier molecular flexibility index (Phi) is 4.30. The molecule has 2 unspecified atom stereocenters. The minimum atomic E-state index is 0.598. The Balaban J connectivity index is 1.76. The van der Waals surface area contributed by atoms with Gasteiger partial charge in [-0.25, -0.2) is 0 Å². The van der Waals surface area contributed by atoms with Gasteiger partial charge < -0.3 is 10.2 Å². The molecule has 1 saturated carbocycles. The van der Waals surface area contributed by atoms with Crippen LogP contribution < -0.4 is 10.2 Å². The zero-order chi connectivity index (χ0) is 13.9. The fraction of sp³-hybridized carbons (Fsp3) is 0.667. The summed E-state index contributed by atoms with van der Waals surface area (Å²) in [5.74, 6) is 0.925. The average molecular weight is 272 g/mol. The number of nitrogens with zero attached hydrogens (tertiary/aromatic N) is 1. The summed E-state index contributed by atoms with van der Waals surface area (Å²) in [6, 6.07) is 10.3. The maximum atomic E-state index is 3.41. The van der Waals surface area contributed by atoms with Crippen molar-refractivity contribution in [1.82, 2.24) is 5.32 Å². The van der Waals surface area contributed by atoms with Crippen molar-refractivity contribution in [3.8, 4) is 0 Å². The molecular weight excluding hydrogens is 244 g/mol. The van der Waals surface area contributed by atoms with Gasteiger partial charge in [-0.15, -0.1) is 0 Å². The molecule has 0 spiro atoms. The zero-order valence-electron chi connectivity index (χ0n) is 12.9. The number of hydrogen-bond donors (Lipinski definition) is 1. The Morgan fingerprint density at radius 2 is 2.00 bits per heavy atom. The summed E-state index contributed by atoms with van der Waals surface area (Å²) in [7, 11) is 2.08. The lowest BCUT2D eigenvalue weighted by Crippen LogP contribution is -2.39. The second-order valence-corrected chi connectivity index (χ2v) is 6.71. The highest BCUT2D eigenvalue weighted by Gasteiger charge is 2.31. The number of para-hydroxylation sites is 1. The molecule has 1 aliphatic carbocycles. The van der Waals surface area contributed by atoms with Gasteiger partial charge in [0.1, 0.15) is 0 Å². The summed E-state index contributed by atoms with van der Waals surface area (Å²) in [5.41, 5.74) is 3.06. The predicted octanol–water partition coefficient (Wildman–Crippen LogP) is 3.61. The molecule has 1 fully saturated rings. The van der Waals surface area contributed by atoms with E-state index in [1.54, 1.807) is 5.56 Å². The Labute approximate surface area is 123 Å². The third kappa shape index (κ3) is 2.85. The molecule has 20 heavy (non-hydrogen) atoms. The summed E-state index contributed by atoms with van der Waals surface area (Å²) in [5, 5.41) is 3.41. The first-order valence-electron chi connectivity index (χ1n) is 8.29. The number of nitrogens with one attached hydrogen (secondary N) is 1. The molecule has 0 amide bonds. The largest absolute Gasteiger partial charge is 0.368 e. The molecule has 1 N–H and O–H groups in total. The SMILES string of the molecule is CNC(C)CC1Cc2ccccc2N1CC1CCCC1. The predicted molar refractivity (Wildman–Crippen MR) is 86.4 cm³/mol. The van der Waals surface area contributed by atoms with E-state index < -0.39 is 0 Å². The van der Waals surface area contributed by atoms with Crippen molar-refractivity contribution in [2.75, 3.05) is 18.5 Å². The van der Waals surface area contributed by atoms with Gasteiger partial charge in [0.05, 0.1) is 0 Å². The smallest absolute Gasteiger partial charge is 0.0402 e. The van der Waals surface area contributed by atoms with E-state index in [2.05, 4.69) is 48.5 Å². The van der Waals surface area contributed by atoms with Crippen LogP contribution in [0.1, 0.15) is 44.6 Å². The standard InChI is InChI=1S/C18H28N2/c1-14(19-2)11-17-12-16-9-5-6-10-18(16)20(17)13-15-7-3-4-8-15/h5-6,9-10,14-15,17,19H,3-4,7-8,11-13H2,1-2H3. The molecule has 2 heteroatoms. The number of rotatable bonds is 5. The molecule has 0 radical (unpaired) electrons. The second-order valence-electron chi connectivity index (χ2n) is 6.71. The normalized spacial score (nSPS) is 24.1. The van der Waals surface area contributed by atoms with Gasteiger partial charge in [-0.3, -0.25) is 0 Å². The molecule has 0 saturated heterocycles. The minimum absolute atomic E-state index is 0.598. The number of hydrogen-bond acceptors (Lipinski definition) is 2. The molecule has 1 aromatic rings. The van der Waals surface area contributed by atoms with E-state index in [0.717, 1.165) is 5.92 Å². The molecule has 2 nitrogen and oxygen atoms in total. The number of benzene rings is 1. The van der Waals surface area contributed by atoms with Crippen LogP contribution >= 0.6 is 0 Å². The van der Waals surface area contributed by atoms with Gasteiger partial charge in [0.25, 0.3) is 0 Å². The molecule has 2 aliphatic rings. The fourth-order valence-corrected chi connectivity index (χ4v) is 3.98. The molecule has 1 aromatic carbocycles. The van der Waals surface area contributed by atoms with Crippen molar-refractivity contribution in [1.29, 1.82) is 0 Å². The van der Waals surface area contributed by atoms with Crippen LogP contribution in [0.4, 0.5) is 5.69 Å². The van der Waals surface area contributed by atoms with Crippen LogP contribution in [0.5, 0.6) is 0 Å². The van der Waals surface area contributed by atoms with Crippen molar-refractivity contribution in [2.24, 2.45) is 5.92 Å². The lowest BCUT2D eigenvalue weighted by molar-refractivity contribution is 0.444. The first-order chi connectivity index (χ1) is 9.78. The van der Waals surface area contributed by atoms with E-state index in [0.29, 0.717) is 12.1 Å². The lowest BCUT2D eigenvalue weighted by atomic mass is 10.0. The molecule has 1 aliphatic heterocycles. The van der Waals surface area contributed by atoms with Crippen LogP contribution in [-0.2, 0) is 6.42 Å². The number of fused-ring (bicyclic) bond motifs is 1.